The van der Waals surface area contributed by atoms with Gasteiger partial charge in [0.05, 0.1) is 17.1 Å². The highest BCUT2D eigenvalue weighted by Gasteiger charge is 2.24. The van der Waals surface area contributed by atoms with Gasteiger partial charge in [0, 0.05) is 44.0 Å². The summed E-state index contributed by atoms with van der Waals surface area (Å²) in [5.74, 6) is 1.46. The Morgan fingerprint density at radius 2 is 1.87 bits per heavy atom. The van der Waals surface area contributed by atoms with Crippen LogP contribution >= 0.6 is 0 Å². The van der Waals surface area contributed by atoms with Crippen LogP contribution in [0.15, 0.2) is 30.3 Å². The van der Waals surface area contributed by atoms with Crippen molar-refractivity contribution >= 4 is 11.8 Å². The normalized spacial score (nSPS) is 16.8. The Morgan fingerprint density at radius 3 is 2.63 bits per heavy atom. The van der Waals surface area contributed by atoms with Crippen molar-refractivity contribution < 1.29 is 0 Å². The molecule has 0 aliphatic carbocycles. The van der Waals surface area contributed by atoms with Gasteiger partial charge in [-0.25, -0.2) is 9.67 Å². The van der Waals surface area contributed by atoms with Gasteiger partial charge in [-0.15, -0.1) is 0 Å². The second kappa shape index (κ2) is 7.72. The van der Waals surface area contributed by atoms with Gasteiger partial charge in [-0.05, 0) is 56.9 Å². The third-order valence-electron chi connectivity index (χ3n) is 6.12. The van der Waals surface area contributed by atoms with Crippen molar-refractivity contribution in [2.45, 2.75) is 46.2 Å². The summed E-state index contributed by atoms with van der Waals surface area (Å²) in [5.41, 5.74) is 13.1. The van der Waals surface area contributed by atoms with Crippen molar-refractivity contribution in [2.24, 2.45) is 0 Å². The summed E-state index contributed by atoms with van der Waals surface area (Å²) in [5, 5.41) is 4.62. The molecule has 156 valence electrons. The van der Waals surface area contributed by atoms with Crippen molar-refractivity contribution in [3.8, 4) is 5.69 Å². The third-order valence-corrected chi connectivity index (χ3v) is 6.12. The van der Waals surface area contributed by atoms with Crippen LogP contribution in [0.1, 0.15) is 41.1 Å². The highest BCUT2D eigenvalue weighted by atomic mass is 15.3. The molecule has 2 aliphatic heterocycles. The number of hydrogen-bond acceptors (Lipinski definition) is 6. The summed E-state index contributed by atoms with van der Waals surface area (Å²) >= 11 is 0. The molecule has 5 rings (SSSR count). The van der Waals surface area contributed by atoms with E-state index in [2.05, 4.69) is 57.1 Å². The van der Waals surface area contributed by atoms with Crippen molar-refractivity contribution in [3.05, 3.63) is 58.5 Å². The molecule has 0 spiro atoms. The average Bonchev–Trinajstić information content (AvgIpc) is 3.37. The molecule has 2 N–H and O–H groups in total. The second-order valence-corrected chi connectivity index (χ2v) is 8.50. The highest BCUT2D eigenvalue weighted by molar-refractivity contribution is 5.49. The van der Waals surface area contributed by atoms with Crippen LogP contribution in [0.5, 0.6) is 0 Å². The van der Waals surface area contributed by atoms with Crippen LogP contribution in [0, 0.1) is 13.8 Å². The topological polar surface area (TPSA) is 76.1 Å². The minimum Gasteiger partial charge on any atom is -0.383 e. The minimum absolute atomic E-state index is 0.660. The van der Waals surface area contributed by atoms with E-state index in [-0.39, 0.29) is 0 Å². The number of nitrogens with zero attached hydrogens (tertiary/aromatic N) is 6. The number of rotatable bonds is 4. The van der Waals surface area contributed by atoms with E-state index in [9.17, 15) is 0 Å². The Labute approximate surface area is 177 Å². The molecule has 2 aliphatic rings. The van der Waals surface area contributed by atoms with Gasteiger partial charge in [-0.1, -0.05) is 12.1 Å². The van der Waals surface area contributed by atoms with Gasteiger partial charge in [-0.3, -0.25) is 4.90 Å². The summed E-state index contributed by atoms with van der Waals surface area (Å²) in [7, 11) is 0. The fourth-order valence-electron chi connectivity index (χ4n) is 4.63. The van der Waals surface area contributed by atoms with E-state index in [1.165, 1.54) is 18.4 Å². The molecule has 0 radical (unpaired) electrons. The molecule has 0 atom stereocenters. The molecule has 4 heterocycles. The number of aromatic nitrogens is 4. The van der Waals surface area contributed by atoms with Crippen molar-refractivity contribution in [1.29, 1.82) is 0 Å². The van der Waals surface area contributed by atoms with Crippen LogP contribution in [0.3, 0.4) is 0 Å². The van der Waals surface area contributed by atoms with Crippen LogP contribution in [-0.2, 0) is 19.5 Å². The van der Waals surface area contributed by atoms with E-state index in [0.29, 0.717) is 5.82 Å². The molecular formula is C23H29N7. The number of aryl methyl sites for hydroxylation is 2. The van der Waals surface area contributed by atoms with E-state index in [0.717, 1.165) is 73.4 Å². The average molecular weight is 404 g/mol. The first-order valence-corrected chi connectivity index (χ1v) is 10.8. The van der Waals surface area contributed by atoms with E-state index < -0.39 is 0 Å². The molecule has 0 unspecified atom stereocenters. The molecule has 1 fully saturated rings. The van der Waals surface area contributed by atoms with Crippen molar-refractivity contribution in [1.82, 2.24) is 24.6 Å². The largest absolute Gasteiger partial charge is 0.383 e. The Balaban J connectivity index is 1.35. The zero-order chi connectivity index (χ0) is 20.7. The maximum absolute atomic E-state index is 6.30. The summed E-state index contributed by atoms with van der Waals surface area (Å²) in [6.07, 6.45) is 3.31. The van der Waals surface area contributed by atoms with E-state index in [1.807, 2.05) is 11.6 Å². The summed E-state index contributed by atoms with van der Waals surface area (Å²) in [6, 6.07) is 10.8. The van der Waals surface area contributed by atoms with E-state index in [1.54, 1.807) is 0 Å². The van der Waals surface area contributed by atoms with E-state index in [4.69, 9.17) is 10.7 Å². The maximum Gasteiger partial charge on any atom is 0.227 e. The number of nitrogen functional groups attached to an aromatic ring is 1. The van der Waals surface area contributed by atoms with Crippen LogP contribution < -0.4 is 10.6 Å². The molecule has 0 amide bonds. The smallest absolute Gasteiger partial charge is 0.227 e. The second-order valence-electron chi connectivity index (χ2n) is 8.50. The molecule has 0 bridgehead atoms. The van der Waals surface area contributed by atoms with Crippen LogP contribution in [0.4, 0.5) is 11.8 Å². The lowest BCUT2D eigenvalue weighted by molar-refractivity contribution is 0.241. The lowest BCUT2D eigenvalue weighted by Crippen LogP contribution is -2.32. The van der Waals surface area contributed by atoms with Crippen molar-refractivity contribution in [2.75, 3.05) is 30.3 Å². The van der Waals surface area contributed by atoms with Gasteiger partial charge < -0.3 is 10.6 Å². The minimum atomic E-state index is 0.660. The first-order valence-electron chi connectivity index (χ1n) is 10.8. The SMILES string of the molecule is Cc1cc(C)n(-c2cccc(CN3CCc4c(N)nc(N5CCCC5)nc4C3)c2)n1. The number of anilines is 2. The molecular weight excluding hydrogens is 374 g/mol. The quantitative estimate of drug-likeness (QED) is 0.722. The van der Waals surface area contributed by atoms with Crippen LogP contribution in [0.25, 0.3) is 5.69 Å². The lowest BCUT2D eigenvalue weighted by atomic mass is 10.0. The van der Waals surface area contributed by atoms with Gasteiger partial charge in [0.25, 0.3) is 0 Å². The number of hydrogen-bond donors (Lipinski definition) is 1. The molecule has 3 aromatic rings. The summed E-state index contributed by atoms with van der Waals surface area (Å²) < 4.78 is 2.01. The molecule has 7 heteroatoms. The zero-order valence-corrected chi connectivity index (χ0v) is 17.8. The third kappa shape index (κ3) is 3.65. The van der Waals surface area contributed by atoms with Crippen LogP contribution in [-0.4, -0.2) is 44.3 Å². The van der Waals surface area contributed by atoms with Crippen LogP contribution in [0.2, 0.25) is 0 Å². The number of fused-ring (bicyclic) bond motifs is 1. The molecule has 1 saturated heterocycles. The Hall–Kier alpha value is -2.93. The highest BCUT2D eigenvalue weighted by Crippen LogP contribution is 2.27. The molecule has 2 aromatic heterocycles. The predicted octanol–water partition coefficient (Wildman–Crippen LogP) is 3.02. The predicted molar refractivity (Wildman–Crippen MR) is 119 cm³/mol. The van der Waals surface area contributed by atoms with Crippen molar-refractivity contribution in [3.63, 3.8) is 0 Å². The van der Waals surface area contributed by atoms with Gasteiger partial charge in [0.1, 0.15) is 5.82 Å². The summed E-state index contributed by atoms with van der Waals surface area (Å²) in [4.78, 5) is 14.2. The molecule has 30 heavy (non-hydrogen) atoms. The Morgan fingerprint density at radius 1 is 1.03 bits per heavy atom. The monoisotopic (exact) mass is 403 g/mol. The number of nitrogens with two attached hydrogens (primary N) is 1. The van der Waals surface area contributed by atoms with Gasteiger partial charge in [0.2, 0.25) is 5.95 Å². The first-order chi connectivity index (χ1) is 14.6. The molecule has 1 aromatic carbocycles. The fourth-order valence-corrected chi connectivity index (χ4v) is 4.63. The fraction of sp³-hybridized carbons (Fsp3) is 0.435. The summed E-state index contributed by atoms with van der Waals surface area (Å²) in [6.45, 7) is 8.84. The zero-order valence-electron chi connectivity index (χ0n) is 17.8. The first kappa shape index (κ1) is 19.1. The van der Waals surface area contributed by atoms with Gasteiger partial charge >= 0.3 is 0 Å². The number of benzene rings is 1. The Bertz CT molecular complexity index is 1070. The maximum atomic E-state index is 6.30. The van der Waals surface area contributed by atoms with Gasteiger partial charge in [0.15, 0.2) is 0 Å². The standard InChI is InChI=1S/C23H29N7/c1-16-12-17(2)30(27-16)19-7-5-6-18(13-19)14-28-11-8-20-21(15-28)25-23(26-22(20)24)29-9-3-4-10-29/h5-7,12-13H,3-4,8-11,14-15H2,1-2H3,(H2,24,25,26). The van der Waals surface area contributed by atoms with E-state index >= 15 is 0 Å². The molecule has 0 saturated carbocycles. The lowest BCUT2D eigenvalue weighted by Gasteiger charge is -2.29. The molecule has 7 nitrogen and oxygen atoms in total. The Kier molecular flexibility index (Phi) is 4.90. The van der Waals surface area contributed by atoms with Gasteiger partial charge in [-0.2, -0.15) is 10.1 Å².